The maximum Gasteiger partial charge on any atom is 0.227 e. The molecule has 0 unspecified atom stereocenters. The van der Waals surface area contributed by atoms with E-state index in [4.69, 9.17) is 9.72 Å². The molecule has 7 heteroatoms. The number of benzene rings is 1. The zero-order chi connectivity index (χ0) is 17.8. The van der Waals surface area contributed by atoms with Gasteiger partial charge >= 0.3 is 0 Å². The fourth-order valence-electron chi connectivity index (χ4n) is 3.43. The Hall–Kier alpha value is -1.70. The summed E-state index contributed by atoms with van der Waals surface area (Å²) < 4.78 is 6.62. The third kappa shape index (κ3) is 4.16. The standard InChI is InChI=1S/C19H24BrN5O/c20-17-4-2-1-3-16(17)15-23-7-9-25(10-8-23)19-21-6-5-18(22-19)24-11-13-26-14-12-24/h1-6H,7-15H2. The first-order chi connectivity index (χ1) is 12.8. The van der Waals surface area contributed by atoms with Crippen LogP contribution in [0.5, 0.6) is 0 Å². The normalized spacial score (nSPS) is 19.0. The maximum absolute atomic E-state index is 5.43. The Kier molecular flexibility index (Phi) is 5.67. The van der Waals surface area contributed by atoms with Crippen LogP contribution in [0.25, 0.3) is 0 Å². The highest BCUT2D eigenvalue weighted by Gasteiger charge is 2.21. The summed E-state index contributed by atoms with van der Waals surface area (Å²) in [6.45, 7) is 8.27. The van der Waals surface area contributed by atoms with E-state index in [1.165, 1.54) is 10.0 Å². The van der Waals surface area contributed by atoms with E-state index in [0.717, 1.165) is 70.8 Å². The molecule has 6 nitrogen and oxygen atoms in total. The summed E-state index contributed by atoms with van der Waals surface area (Å²) in [5, 5.41) is 0. The first-order valence-electron chi connectivity index (χ1n) is 9.16. The van der Waals surface area contributed by atoms with Crippen molar-refractivity contribution in [2.45, 2.75) is 6.54 Å². The Morgan fingerprint density at radius 2 is 1.69 bits per heavy atom. The lowest BCUT2D eigenvalue weighted by atomic mass is 10.2. The molecule has 2 aliphatic heterocycles. The number of anilines is 2. The third-order valence-electron chi connectivity index (χ3n) is 4.97. The van der Waals surface area contributed by atoms with Crippen molar-refractivity contribution in [3.05, 3.63) is 46.6 Å². The first kappa shape index (κ1) is 17.7. The van der Waals surface area contributed by atoms with Gasteiger partial charge in [-0.15, -0.1) is 0 Å². The van der Waals surface area contributed by atoms with Crippen LogP contribution in [0, 0.1) is 0 Å². The largest absolute Gasteiger partial charge is 0.378 e. The van der Waals surface area contributed by atoms with Crippen LogP contribution in [-0.4, -0.2) is 67.4 Å². The molecule has 2 fully saturated rings. The Bertz CT molecular complexity index is 729. The van der Waals surface area contributed by atoms with Crippen LogP contribution < -0.4 is 9.80 Å². The Morgan fingerprint density at radius 1 is 0.923 bits per heavy atom. The molecule has 3 heterocycles. The lowest BCUT2D eigenvalue weighted by molar-refractivity contribution is 0.122. The number of morpholine rings is 1. The number of rotatable bonds is 4. The predicted octanol–water partition coefficient (Wildman–Crippen LogP) is 2.40. The van der Waals surface area contributed by atoms with E-state index in [9.17, 15) is 0 Å². The number of hydrogen-bond acceptors (Lipinski definition) is 6. The molecule has 1 aromatic carbocycles. The number of hydrogen-bond donors (Lipinski definition) is 0. The summed E-state index contributed by atoms with van der Waals surface area (Å²) in [4.78, 5) is 16.4. The minimum Gasteiger partial charge on any atom is -0.378 e. The van der Waals surface area contributed by atoms with Crippen LogP contribution in [0.4, 0.5) is 11.8 Å². The van der Waals surface area contributed by atoms with Crippen molar-refractivity contribution in [2.75, 3.05) is 62.3 Å². The van der Waals surface area contributed by atoms with Crippen LogP contribution >= 0.6 is 15.9 Å². The highest BCUT2D eigenvalue weighted by molar-refractivity contribution is 9.10. The molecule has 0 amide bonds. The number of piperazine rings is 1. The van der Waals surface area contributed by atoms with E-state index in [1.54, 1.807) is 0 Å². The second-order valence-corrected chi connectivity index (χ2v) is 7.52. The number of ether oxygens (including phenoxy) is 1. The number of nitrogens with zero attached hydrogens (tertiary/aromatic N) is 5. The molecule has 0 radical (unpaired) electrons. The van der Waals surface area contributed by atoms with Crippen LogP contribution in [0.1, 0.15) is 5.56 Å². The molecule has 138 valence electrons. The Balaban J connectivity index is 1.36. The minimum atomic E-state index is 0.771. The van der Waals surface area contributed by atoms with Gasteiger partial charge in [-0.2, -0.15) is 4.98 Å². The molecule has 0 N–H and O–H groups in total. The average molecular weight is 418 g/mol. The van der Waals surface area contributed by atoms with E-state index < -0.39 is 0 Å². The summed E-state index contributed by atoms with van der Waals surface area (Å²) >= 11 is 3.65. The molecule has 2 saturated heterocycles. The smallest absolute Gasteiger partial charge is 0.227 e. The molecule has 4 rings (SSSR count). The van der Waals surface area contributed by atoms with Gasteiger partial charge in [0.15, 0.2) is 0 Å². The molecule has 0 aliphatic carbocycles. The summed E-state index contributed by atoms with van der Waals surface area (Å²) in [6, 6.07) is 10.4. The van der Waals surface area contributed by atoms with Gasteiger partial charge in [0.25, 0.3) is 0 Å². The van der Waals surface area contributed by atoms with Crippen molar-refractivity contribution in [3.63, 3.8) is 0 Å². The monoisotopic (exact) mass is 417 g/mol. The van der Waals surface area contributed by atoms with Crippen molar-refractivity contribution < 1.29 is 4.74 Å². The van der Waals surface area contributed by atoms with Crippen LogP contribution in [0.2, 0.25) is 0 Å². The van der Waals surface area contributed by atoms with Crippen LogP contribution in [0.15, 0.2) is 41.0 Å². The van der Waals surface area contributed by atoms with Gasteiger partial charge in [-0.25, -0.2) is 4.98 Å². The first-order valence-corrected chi connectivity index (χ1v) is 9.95. The molecule has 0 saturated carbocycles. The summed E-state index contributed by atoms with van der Waals surface area (Å²) in [7, 11) is 0. The fraction of sp³-hybridized carbons (Fsp3) is 0.474. The highest BCUT2D eigenvalue weighted by atomic mass is 79.9. The van der Waals surface area contributed by atoms with E-state index in [-0.39, 0.29) is 0 Å². The minimum absolute atomic E-state index is 0.771. The predicted molar refractivity (Wildman–Crippen MR) is 107 cm³/mol. The van der Waals surface area contributed by atoms with Crippen molar-refractivity contribution in [1.82, 2.24) is 14.9 Å². The van der Waals surface area contributed by atoms with E-state index in [1.807, 2.05) is 12.3 Å². The second kappa shape index (κ2) is 8.33. The molecule has 26 heavy (non-hydrogen) atoms. The molecule has 0 bridgehead atoms. The van der Waals surface area contributed by atoms with Gasteiger partial charge in [0, 0.05) is 56.5 Å². The SMILES string of the molecule is Brc1ccccc1CN1CCN(c2nccc(N3CCOCC3)n2)CC1. The van der Waals surface area contributed by atoms with Gasteiger partial charge in [-0.1, -0.05) is 34.1 Å². The van der Waals surface area contributed by atoms with Gasteiger partial charge in [0.2, 0.25) is 5.95 Å². The quantitative estimate of drug-likeness (QED) is 0.760. The van der Waals surface area contributed by atoms with E-state index in [0.29, 0.717) is 0 Å². The molecule has 2 aliphatic rings. The number of aromatic nitrogens is 2. The molecule has 0 atom stereocenters. The molecule has 0 spiro atoms. The molecular formula is C19H24BrN5O. The topological polar surface area (TPSA) is 44.7 Å². The number of halogens is 1. The van der Waals surface area contributed by atoms with Crippen LogP contribution in [-0.2, 0) is 11.3 Å². The van der Waals surface area contributed by atoms with Crippen molar-refractivity contribution in [3.8, 4) is 0 Å². The van der Waals surface area contributed by atoms with Crippen molar-refractivity contribution >= 4 is 27.7 Å². The van der Waals surface area contributed by atoms with Crippen molar-refractivity contribution in [1.29, 1.82) is 0 Å². The van der Waals surface area contributed by atoms with E-state index in [2.05, 4.69) is 59.9 Å². The molecule has 1 aromatic heterocycles. The van der Waals surface area contributed by atoms with Crippen molar-refractivity contribution in [2.24, 2.45) is 0 Å². The summed E-state index contributed by atoms with van der Waals surface area (Å²) in [5.74, 6) is 1.85. The van der Waals surface area contributed by atoms with Gasteiger partial charge in [-0.3, -0.25) is 4.90 Å². The van der Waals surface area contributed by atoms with Gasteiger partial charge in [0.05, 0.1) is 13.2 Å². The van der Waals surface area contributed by atoms with Gasteiger partial charge in [0.1, 0.15) is 5.82 Å². The lowest BCUT2D eigenvalue weighted by Gasteiger charge is -2.35. The lowest BCUT2D eigenvalue weighted by Crippen LogP contribution is -2.46. The molecule has 2 aromatic rings. The summed E-state index contributed by atoms with van der Waals surface area (Å²) in [5.41, 5.74) is 1.34. The van der Waals surface area contributed by atoms with Gasteiger partial charge < -0.3 is 14.5 Å². The fourth-order valence-corrected chi connectivity index (χ4v) is 3.84. The van der Waals surface area contributed by atoms with Crippen LogP contribution in [0.3, 0.4) is 0 Å². The zero-order valence-electron chi connectivity index (χ0n) is 14.9. The maximum atomic E-state index is 5.43. The average Bonchev–Trinajstić information content (AvgIpc) is 2.71. The van der Waals surface area contributed by atoms with Gasteiger partial charge in [-0.05, 0) is 17.7 Å². The molecular weight excluding hydrogens is 394 g/mol. The summed E-state index contributed by atoms with van der Waals surface area (Å²) in [6.07, 6.45) is 1.88. The Labute approximate surface area is 162 Å². The third-order valence-corrected chi connectivity index (χ3v) is 5.74. The zero-order valence-corrected chi connectivity index (χ0v) is 16.4. The Morgan fingerprint density at radius 3 is 2.46 bits per heavy atom. The van der Waals surface area contributed by atoms with E-state index >= 15 is 0 Å². The highest BCUT2D eigenvalue weighted by Crippen LogP contribution is 2.20. The second-order valence-electron chi connectivity index (χ2n) is 6.67.